The van der Waals surface area contributed by atoms with Crippen LogP contribution >= 0.6 is 11.3 Å². The molecule has 1 aromatic carbocycles. The zero-order chi connectivity index (χ0) is 16.9. The summed E-state index contributed by atoms with van der Waals surface area (Å²) in [5.74, 6) is -0.125. The average molecular weight is 344 g/mol. The summed E-state index contributed by atoms with van der Waals surface area (Å²) >= 11 is 1.49. The number of nitrogens with zero attached hydrogens (tertiary/aromatic N) is 2. The molecule has 0 aliphatic carbocycles. The number of urea groups is 1. The minimum Gasteiger partial charge on any atom is -0.349 e. The van der Waals surface area contributed by atoms with Crippen molar-refractivity contribution in [1.82, 2.24) is 15.2 Å². The van der Waals surface area contributed by atoms with Gasteiger partial charge in [-0.25, -0.2) is 9.78 Å². The minimum absolute atomic E-state index is 0.125. The lowest BCUT2D eigenvalue weighted by Crippen LogP contribution is -2.47. The second-order valence-electron chi connectivity index (χ2n) is 5.85. The molecule has 2 N–H and O–H groups in total. The predicted molar refractivity (Wildman–Crippen MR) is 93.9 cm³/mol. The Morgan fingerprint density at radius 2 is 2.29 bits per heavy atom. The van der Waals surface area contributed by atoms with Crippen molar-refractivity contribution < 1.29 is 9.59 Å². The number of aromatic nitrogens is 1. The molecule has 0 spiro atoms. The largest absolute Gasteiger partial charge is 0.349 e. The molecule has 1 saturated heterocycles. The molecule has 1 fully saturated rings. The number of rotatable bonds is 4. The van der Waals surface area contributed by atoms with Crippen LogP contribution in [0.5, 0.6) is 0 Å². The summed E-state index contributed by atoms with van der Waals surface area (Å²) in [6, 6.07) is 6.97. The molecule has 2 heterocycles. The van der Waals surface area contributed by atoms with Gasteiger partial charge in [-0.15, -0.1) is 11.3 Å². The number of benzene rings is 1. The van der Waals surface area contributed by atoms with E-state index in [4.69, 9.17) is 0 Å². The Bertz CT molecular complexity index is 717. The molecule has 7 heteroatoms. The van der Waals surface area contributed by atoms with Crippen LogP contribution in [-0.4, -0.2) is 34.4 Å². The van der Waals surface area contributed by atoms with Gasteiger partial charge in [0.15, 0.2) is 0 Å². The molecular formula is C17H20N4O2S. The Labute approximate surface area is 144 Å². The van der Waals surface area contributed by atoms with Crippen molar-refractivity contribution >= 4 is 29.0 Å². The summed E-state index contributed by atoms with van der Waals surface area (Å²) in [4.78, 5) is 30.7. The number of nitrogens with one attached hydrogen (secondary N) is 2. The molecule has 1 atom stereocenters. The third kappa shape index (κ3) is 3.91. The van der Waals surface area contributed by atoms with E-state index in [-0.39, 0.29) is 11.9 Å². The van der Waals surface area contributed by atoms with Crippen molar-refractivity contribution in [2.75, 3.05) is 11.9 Å². The minimum atomic E-state index is -0.423. The van der Waals surface area contributed by atoms with Gasteiger partial charge >= 0.3 is 6.03 Å². The van der Waals surface area contributed by atoms with Crippen LogP contribution < -0.4 is 10.6 Å². The first-order valence-electron chi connectivity index (χ1n) is 7.92. The van der Waals surface area contributed by atoms with E-state index in [2.05, 4.69) is 15.6 Å². The van der Waals surface area contributed by atoms with Crippen LogP contribution in [0.15, 0.2) is 35.2 Å². The third-order valence-electron chi connectivity index (χ3n) is 4.01. The molecule has 0 radical (unpaired) electrons. The number of thiazole rings is 1. The molecule has 6 nitrogen and oxygen atoms in total. The summed E-state index contributed by atoms with van der Waals surface area (Å²) in [5.41, 5.74) is 4.39. The van der Waals surface area contributed by atoms with Crippen molar-refractivity contribution in [3.63, 3.8) is 0 Å². The second-order valence-corrected chi connectivity index (χ2v) is 6.57. The van der Waals surface area contributed by atoms with E-state index in [1.807, 2.05) is 36.6 Å². The molecule has 3 amide bonds. The van der Waals surface area contributed by atoms with Crippen LogP contribution in [0.1, 0.15) is 24.1 Å². The van der Waals surface area contributed by atoms with E-state index in [9.17, 15) is 9.59 Å². The van der Waals surface area contributed by atoms with E-state index >= 15 is 0 Å². The van der Waals surface area contributed by atoms with Crippen molar-refractivity contribution in [1.29, 1.82) is 0 Å². The summed E-state index contributed by atoms with van der Waals surface area (Å²) in [7, 11) is 0. The molecule has 1 aliphatic rings. The fourth-order valence-electron chi connectivity index (χ4n) is 2.82. The molecule has 24 heavy (non-hydrogen) atoms. The van der Waals surface area contributed by atoms with E-state index in [1.165, 1.54) is 11.3 Å². The fourth-order valence-corrected chi connectivity index (χ4v) is 3.38. The van der Waals surface area contributed by atoms with E-state index < -0.39 is 6.04 Å². The monoisotopic (exact) mass is 344 g/mol. The Kier molecular flexibility index (Phi) is 5.10. The van der Waals surface area contributed by atoms with Crippen LogP contribution in [0.25, 0.3) is 0 Å². The van der Waals surface area contributed by atoms with Crippen LogP contribution in [0.3, 0.4) is 0 Å². The average Bonchev–Trinajstić information content (AvgIpc) is 3.24. The van der Waals surface area contributed by atoms with Crippen molar-refractivity contribution in [2.24, 2.45) is 0 Å². The quantitative estimate of drug-likeness (QED) is 0.895. The van der Waals surface area contributed by atoms with Crippen molar-refractivity contribution in [3.05, 3.63) is 46.4 Å². The molecule has 0 bridgehead atoms. The van der Waals surface area contributed by atoms with Gasteiger partial charge in [-0.2, -0.15) is 0 Å². The van der Waals surface area contributed by atoms with E-state index in [0.717, 1.165) is 23.4 Å². The van der Waals surface area contributed by atoms with Crippen LogP contribution in [0.2, 0.25) is 0 Å². The highest BCUT2D eigenvalue weighted by Gasteiger charge is 2.34. The first kappa shape index (κ1) is 16.4. The Morgan fingerprint density at radius 3 is 3.04 bits per heavy atom. The van der Waals surface area contributed by atoms with Gasteiger partial charge in [-0.1, -0.05) is 12.1 Å². The summed E-state index contributed by atoms with van der Waals surface area (Å²) in [5, 5.41) is 7.64. The Hall–Kier alpha value is -2.41. The van der Waals surface area contributed by atoms with Crippen LogP contribution in [0.4, 0.5) is 10.5 Å². The number of carbonyl (C=O) groups excluding carboxylic acids is 2. The van der Waals surface area contributed by atoms with Gasteiger partial charge in [0, 0.05) is 17.6 Å². The highest BCUT2D eigenvalue weighted by atomic mass is 32.1. The molecule has 1 aliphatic heterocycles. The van der Waals surface area contributed by atoms with Crippen molar-refractivity contribution in [2.45, 2.75) is 32.4 Å². The predicted octanol–water partition coefficient (Wildman–Crippen LogP) is 2.76. The molecule has 1 aromatic heterocycles. The number of aryl methyl sites for hydroxylation is 1. The van der Waals surface area contributed by atoms with Gasteiger partial charge in [0.25, 0.3) is 0 Å². The molecular weight excluding hydrogens is 324 g/mol. The number of anilines is 1. The van der Waals surface area contributed by atoms with E-state index in [1.54, 1.807) is 10.4 Å². The van der Waals surface area contributed by atoms with Gasteiger partial charge in [0.05, 0.1) is 17.7 Å². The maximum absolute atomic E-state index is 12.5. The first-order chi connectivity index (χ1) is 11.6. The summed E-state index contributed by atoms with van der Waals surface area (Å²) in [6.07, 6.45) is 1.51. The lowest BCUT2D eigenvalue weighted by Gasteiger charge is -2.24. The fraction of sp³-hybridized carbons (Fsp3) is 0.353. The van der Waals surface area contributed by atoms with Gasteiger partial charge in [0.1, 0.15) is 6.04 Å². The summed E-state index contributed by atoms with van der Waals surface area (Å²) in [6.45, 7) is 2.96. The van der Waals surface area contributed by atoms with Gasteiger partial charge in [-0.05, 0) is 37.5 Å². The van der Waals surface area contributed by atoms with Gasteiger partial charge in [0.2, 0.25) is 5.91 Å². The zero-order valence-corrected chi connectivity index (χ0v) is 14.3. The number of likely N-dealkylation sites (tertiary alicyclic amines) is 1. The highest BCUT2D eigenvalue weighted by molar-refractivity contribution is 7.07. The van der Waals surface area contributed by atoms with Gasteiger partial charge < -0.3 is 15.5 Å². The van der Waals surface area contributed by atoms with Crippen LogP contribution in [-0.2, 0) is 11.3 Å². The highest BCUT2D eigenvalue weighted by Crippen LogP contribution is 2.20. The summed E-state index contributed by atoms with van der Waals surface area (Å²) < 4.78 is 0. The smallest absolute Gasteiger partial charge is 0.322 e. The lowest BCUT2D eigenvalue weighted by atomic mass is 10.2. The van der Waals surface area contributed by atoms with E-state index in [0.29, 0.717) is 19.5 Å². The number of hydrogen-bond acceptors (Lipinski definition) is 4. The first-order valence-corrected chi connectivity index (χ1v) is 8.87. The molecule has 3 rings (SSSR count). The molecule has 0 saturated carbocycles. The second kappa shape index (κ2) is 7.44. The zero-order valence-electron chi connectivity index (χ0n) is 13.5. The number of hydrogen-bond donors (Lipinski definition) is 2. The molecule has 2 aromatic rings. The van der Waals surface area contributed by atoms with Crippen LogP contribution in [0, 0.1) is 6.92 Å². The third-order valence-corrected chi connectivity index (χ3v) is 4.65. The normalized spacial score (nSPS) is 16.9. The SMILES string of the molecule is Cc1cccc(NC(=O)N2CCCC2C(=O)NCc2cscn2)c1. The standard InChI is InChI=1S/C17H20N4O2S/c1-12-4-2-5-13(8-12)20-17(23)21-7-3-6-15(21)16(22)18-9-14-10-24-11-19-14/h2,4-5,8,10-11,15H,3,6-7,9H2,1H3,(H,18,22)(H,20,23). The topological polar surface area (TPSA) is 74.3 Å². The Balaban J connectivity index is 1.59. The maximum atomic E-state index is 12.5. The maximum Gasteiger partial charge on any atom is 0.322 e. The van der Waals surface area contributed by atoms with Gasteiger partial charge in [-0.3, -0.25) is 4.79 Å². The Morgan fingerprint density at radius 1 is 1.42 bits per heavy atom. The lowest BCUT2D eigenvalue weighted by molar-refractivity contribution is -0.124. The van der Waals surface area contributed by atoms with Crippen molar-refractivity contribution in [3.8, 4) is 0 Å². The molecule has 126 valence electrons. The number of amides is 3. The molecule has 1 unspecified atom stereocenters. The number of carbonyl (C=O) groups is 2.